The van der Waals surface area contributed by atoms with E-state index in [1.165, 1.54) is 5.56 Å². The summed E-state index contributed by atoms with van der Waals surface area (Å²) >= 11 is 0. The second kappa shape index (κ2) is 3.63. The Bertz CT molecular complexity index is 503. The van der Waals surface area contributed by atoms with Gasteiger partial charge in [-0.3, -0.25) is 4.98 Å². The molecule has 2 nitrogen and oxygen atoms in total. The monoisotopic (exact) mass is 201 g/mol. The van der Waals surface area contributed by atoms with Crippen molar-refractivity contribution in [1.29, 1.82) is 0 Å². The number of rotatable bonds is 1. The van der Waals surface area contributed by atoms with Crippen LogP contribution >= 0.6 is 0 Å². The van der Waals surface area contributed by atoms with Crippen molar-refractivity contribution in [3.05, 3.63) is 41.1 Å². The maximum absolute atomic E-state index is 9.51. The zero-order chi connectivity index (χ0) is 11.0. The molecular formula is C13H15NO. The van der Waals surface area contributed by atoms with Gasteiger partial charge in [0.1, 0.15) is 0 Å². The Balaban J connectivity index is 2.71. The van der Waals surface area contributed by atoms with Crippen molar-refractivity contribution in [2.24, 2.45) is 0 Å². The minimum Gasteiger partial charge on any atom is -0.389 e. The van der Waals surface area contributed by atoms with E-state index in [1.54, 1.807) is 6.92 Å². The average molecular weight is 201 g/mol. The first-order chi connectivity index (χ1) is 7.08. The molecule has 2 heteroatoms. The molecule has 1 N–H and O–H groups in total. The second-order valence-corrected chi connectivity index (χ2v) is 4.03. The van der Waals surface area contributed by atoms with E-state index in [1.807, 2.05) is 25.1 Å². The van der Waals surface area contributed by atoms with Gasteiger partial charge in [0.05, 0.1) is 11.6 Å². The summed E-state index contributed by atoms with van der Waals surface area (Å²) in [5, 5.41) is 10.6. The summed E-state index contributed by atoms with van der Waals surface area (Å²) in [7, 11) is 0. The Labute approximate surface area is 89.6 Å². The molecule has 0 aliphatic carbocycles. The maximum Gasteiger partial charge on any atom is 0.0762 e. The summed E-state index contributed by atoms with van der Waals surface area (Å²) < 4.78 is 0. The molecule has 0 amide bonds. The highest BCUT2D eigenvalue weighted by Gasteiger charge is 2.05. The molecule has 1 aromatic heterocycles. The summed E-state index contributed by atoms with van der Waals surface area (Å²) in [5.41, 5.74) is 4.18. The zero-order valence-corrected chi connectivity index (χ0v) is 9.28. The molecule has 2 rings (SSSR count). The van der Waals surface area contributed by atoms with Gasteiger partial charge in [0, 0.05) is 11.1 Å². The van der Waals surface area contributed by atoms with Gasteiger partial charge < -0.3 is 5.11 Å². The van der Waals surface area contributed by atoms with Crippen molar-refractivity contribution in [3.8, 4) is 0 Å². The Kier molecular flexibility index (Phi) is 2.45. The molecule has 1 heterocycles. The van der Waals surface area contributed by atoms with Crippen LogP contribution in [0.1, 0.15) is 29.8 Å². The summed E-state index contributed by atoms with van der Waals surface area (Å²) in [6.07, 6.45) is -0.421. The van der Waals surface area contributed by atoms with Crippen LogP contribution in [-0.4, -0.2) is 10.1 Å². The van der Waals surface area contributed by atoms with E-state index in [0.29, 0.717) is 0 Å². The Hall–Kier alpha value is -1.41. The summed E-state index contributed by atoms with van der Waals surface area (Å²) in [5.74, 6) is 0. The molecule has 0 spiro atoms. The van der Waals surface area contributed by atoms with Gasteiger partial charge in [-0.25, -0.2) is 0 Å². The van der Waals surface area contributed by atoms with Gasteiger partial charge in [0.25, 0.3) is 0 Å². The van der Waals surface area contributed by atoms with E-state index in [9.17, 15) is 5.11 Å². The molecule has 0 fully saturated rings. The van der Waals surface area contributed by atoms with Crippen molar-refractivity contribution < 1.29 is 5.11 Å². The zero-order valence-electron chi connectivity index (χ0n) is 9.28. The normalized spacial score (nSPS) is 13.1. The lowest BCUT2D eigenvalue weighted by Gasteiger charge is -2.08. The number of pyridine rings is 1. The molecule has 0 aliphatic heterocycles. The van der Waals surface area contributed by atoms with Gasteiger partial charge in [-0.2, -0.15) is 0 Å². The molecule has 78 valence electrons. The van der Waals surface area contributed by atoms with E-state index in [4.69, 9.17) is 0 Å². The smallest absolute Gasteiger partial charge is 0.0762 e. The molecular weight excluding hydrogens is 186 g/mol. The minimum atomic E-state index is -0.421. The number of hydrogen-bond acceptors (Lipinski definition) is 2. The van der Waals surface area contributed by atoms with Crippen molar-refractivity contribution in [2.45, 2.75) is 26.9 Å². The molecule has 1 unspecified atom stereocenters. The first-order valence-electron chi connectivity index (χ1n) is 5.14. The third kappa shape index (κ3) is 1.85. The number of aromatic nitrogens is 1. The predicted octanol–water partition coefficient (Wildman–Crippen LogP) is 2.90. The van der Waals surface area contributed by atoms with Crippen LogP contribution in [0.25, 0.3) is 10.9 Å². The third-order valence-electron chi connectivity index (χ3n) is 2.65. The standard InChI is InChI=1S/C13H15NO/c1-8-6-9(2)14-13-5-4-11(10(3)15)7-12(8)13/h4-7,10,15H,1-3H3. The fourth-order valence-corrected chi connectivity index (χ4v) is 1.84. The minimum absolute atomic E-state index is 0.421. The summed E-state index contributed by atoms with van der Waals surface area (Å²) in [6.45, 7) is 5.84. The fraction of sp³-hybridized carbons (Fsp3) is 0.308. The summed E-state index contributed by atoms with van der Waals surface area (Å²) in [6, 6.07) is 7.98. The van der Waals surface area contributed by atoms with E-state index in [0.717, 1.165) is 22.2 Å². The van der Waals surface area contributed by atoms with Crippen LogP contribution in [-0.2, 0) is 0 Å². The van der Waals surface area contributed by atoms with Crippen LogP contribution in [0.2, 0.25) is 0 Å². The topological polar surface area (TPSA) is 33.1 Å². The molecule has 1 atom stereocenters. The largest absolute Gasteiger partial charge is 0.389 e. The molecule has 0 bridgehead atoms. The maximum atomic E-state index is 9.51. The van der Waals surface area contributed by atoms with Gasteiger partial charge in [0.15, 0.2) is 0 Å². The molecule has 0 radical (unpaired) electrons. The van der Waals surface area contributed by atoms with Gasteiger partial charge in [-0.1, -0.05) is 6.07 Å². The number of benzene rings is 1. The van der Waals surface area contributed by atoms with Gasteiger partial charge in [-0.15, -0.1) is 0 Å². The van der Waals surface area contributed by atoms with Crippen LogP contribution in [0.3, 0.4) is 0 Å². The summed E-state index contributed by atoms with van der Waals surface area (Å²) in [4.78, 5) is 4.46. The van der Waals surface area contributed by atoms with Crippen molar-refractivity contribution in [3.63, 3.8) is 0 Å². The lowest BCUT2D eigenvalue weighted by molar-refractivity contribution is 0.199. The Morgan fingerprint density at radius 1 is 1.20 bits per heavy atom. The van der Waals surface area contributed by atoms with Crippen LogP contribution in [0.5, 0.6) is 0 Å². The number of aryl methyl sites for hydroxylation is 2. The number of aliphatic hydroxyl groups excluding tert-OH is 1. The Morgan fingerprint density at radius 2 is 1.93 bits per heavy atom. The van der Waals surface area contributed by atoms with E-state index in [-0.39, 0.29) is 0 Å². The molecule has 2 aromatic rings. The van der Waals surface area contributed by atoms with E-state index >= 15 is 0 Å². The fourth-order valence-electron chi connectivity index (χ4n) is 1.84. The SMILES string of the molecule is Cc1cc(C)c2cc(C(C)O)ccc2n1. The molecule has 0 aliphatic rings. The van der Waals surface area contributed by atoms with Crippen LogP contribution in [0.4, 0.5) is 0 Å². The van der Waals surface area contributed by atoms with Gasteiger partial charge >= 0.3 is 0 Å². The number of fused-ring (bicyclic) bond motifs is 1. The molecule has 0 saturated heterocycles. The second-order valence-electron chi connectivity index (χ2n) is 4.03. The highest BCUT2D eigenvalue weighted by molar-refractivity contribution is 5.82. The van der Waals surface area contributed by atoms with Gasteiger partial charge in [-0.05, 0) is 50.1 Å². The third-order valence-corrected chi connectivity index (χ3v) is 2.65. The Morgan fingerprint density at radius 3 is 2.60 bits per heavy atom. The van der Waals surface area contributed by atoms with Crippen molar-refractivity contribution in [1.82, 2.24) is 4.98 Å². The van der Waals surface area contributed by atoms with Crippen LogP contribution in [0.15, 0.2) is 24.3 Å². The lowest BCUT2D eigenvalue weighted by atomic mass is 10.0. The number of nitrogens with zero attached hydrogens (tertiary/aromatic N) is 1. The van der Waals surface area contributed by atoms with Crippen LogP contribution in [0, 0.1) is 13.8 Å². The van der Waals surface area contributed by atoms with Crippen molar-refractivity contribution in [2.75, 3.05) is 0 Å². The van der Waals surface area contributed by atoms with E-state index in [2.05, 4.69) is 18.0 Å². The van der Waals surface area contributed by atoms with Crippen LogP contribution < -0.4 is 0 Å². The lowest BCUT2D eigenvalue weighted by Crippen LogP contribution is -1.93. The number of hydrogen-bond donors (Lipinski definition) is 1. The number of aliphatic hydroxyl groups is 1. The van der Waals surface area contributed by atoms with Crippen molar-refractivity contribution >= 4 is 10.9 Å². The predicted molar refractivity (Wildman–Crippen MR) is 61.9 cm³/mol. The first-order valence-corrected chi connectivity index (χ1v) is 5.14. The highest BCUT2D eigenvalue weighted by atomic mass is 16.3. The molecule has 15 heavy (non-hydrogen) atoms. The quantitative estimate of drug-likeness (QED) is 0.769. The molecule has 1 aromatic carbocycles. The molecule has 0 saturated carbocycles. The average Bonchev–Trinajstić information content (AvgIpc) is 2.16. The van der Waals surface area contributed by atoms with E-state index < -0.39 is 6.10 Å². The van der Waals surface area contributed by atoms with Gasteiger partial charge in [0.2, 0.25) is 0 Å². The first kappa shape index (κ1) is 10.1. The highest BCUT2D eigenvalue weighted by Crippen LogP contribution is 2.22.